The van der Waals surface area contributed by atoms with Gasteiger partial charge in [-0.05, 0) is 25.7 Å². The van der Waals surface area contributed by atoms with Gasteiger partial charge in [-0.1, -0.05) is 39.0 Å². The molecule has 0 N–H and O–H groups in total. The van der Waals surface area contributed by atoms with Gasteiger partial charge in [0.15, 0.2) is 0 Å². The molecule has 0 amide bonds. The Morgan fingerprint density at radius 1 is 1.06 bits per heavy atom. The summed E-state index contributed by atoms with van der Waals surface area (Å²) in [7, 11) is -2.95. The van der Waals surface area contributed by atoms with Gasteiger partial charge in [-0.25, -0.2) is 8.42 Å². The van der Waals surface area contributed by atoms with Gasteiger partial charge in [-0.3, -0.25) is 0 Å². The van der Waals surface area contributed by atoms with Crippen molar-refractivity contribution in [1.29, 1.82) is 5.26 Å². The number of hydrogen-bond acceptors (Lipinski definition) is 3. The Morgan fingerprint density at radius 2 is 1.61 bits per heavy atom. The second-order valence-corrected chi connectivity index (χ2v) is 7.87. The lowest BCUT2D eigenvalue weighted by molar-refractivity contribution is 0.280. The summed E-state index contributed by atoms with van der Waals surface area (Å²) >= 11 is 0. The average Bonchev–Trinajstić information content (AvgIpc) is 2.28. The minimum Gasteiger partial charge on any atom is -0.229 e. The van der Waals surface area contributed by atoms with E-state index in [9.17, 15) is 13.7 Å². The lowest BCUT2D eigenvalue weighted by Gasteiger charge is -2.28. The zero-order valence-electron chi connectivity index (χ0n) is 11.5. The number of nitrogens with zero attached hydrogens (tertiary/aromatic N) is 1. The van der Waals surface area contributed by atoms with Crippen LogP contribution in [-0.2, 0) is 9.84 Å². The smallest absolute Gasteiger partial charge is 0.150 e. The molecule has 1 saturated carbocycles. The molecule has 0 spiro atoms. The molecular weight excluding hydrogens is 246 g/mol. The van der Waals surface area contributed by atoms with E-state index in [-0.39, 0.29) is 16.9 Å². The third-order valence-electron chi connectivity index (χ3n) is 3.95. The van der Waals surface area contributed by atoms with Crippen LogP contribution in [0, 0.1) is 16.7 Å². The largest absolute Gasteiger partial charge is 0.229 e. The molecule has 1 aliphatic rings. The zero-order valence-corrected chi connectivity index (χ0v) is 12.3. The van der Waals surface area contributed by atoms with E-state index in [0.29, 0.717) is 12.8 Å². The van der Waals surface area contributed by atoms with E-state index < -0.39 is 9.84 Å². The maximum Gasteiger partial charge on any atom is 0.150 e. The van der Waals surface area contributed by atoms with Crippen molar-refractivity contribution in [3.63, 3.8) is 0 Å². The van der Waals surface area contributed by atoms with Gasteiger partial charge in [-0.2, -0.15) is 5.26 Å². The first-order valence-electron chi connectivity index (χ1n) is 7.15. The highest BCUT2D eigenvalue weighted by atomic mass is 32.2. The molecule has 104 valence electrons. The SMILES string of the molecule is CCCS(=O)(=O)CCC1(C#N)CCCCCCC1. The molecule has 1 rings (SSSR count). The second kappa shape index (κ2) is 7.13. The molecule has 1 aliphatic carbocycles. The molecule has 0 aromatic carbocycles. The standard InChI is InChI=1S/C14H25NO2S/c1-2-11-18(16,17)12-10-14(13-15)8-6-4-3-5-7-9-14/h2-12H2,1H3. The van der Waals surface area contributed by atoms with Crippen LogP contribution in [0.1, 0.15) is 64.7 Å². The molecule has 0 saturated heterocycles. The number of rotatable bonds is 5. The van der Waals surface area contributed by atoms with Crippen LogP contribution in [0.5, 0.6) is 0 Å². The van der Waals surface area contributed by atoms with Gasteiger partial charge < -0.3 is 0 Å². The topological polar surface area (TPSA) is 57.9 Å². The third kappa shape index (κ3) is 4.97. The van der Waals surface area contributed by atoms with Crippen LogP contribution in [0.2, 0.25) is 0 Å². The van der Waals surface area contributed by atoms with Crippen LogP contribution in [-0.4, -0.2) is 19.9 Å². The predicted molar refractivity (Wildman–Crippen MR) is 73.9 cm³/mol. The first-order valence-corrected chi connectivity index (χ1v) is 8.97. The Labute approximate surface area is 111 Å². The Kier molecular flexibility index (Phi) is 6.14. The molecule has 0 unspecified atom stereocenters. The number of nitriles is 1. The molecule has 18 heavy (non-hydrogen) atoms. The van der Waals surface area contributed by atoms with E-state index in [2.05, 4.69) is 6.07 Å². The first kappa shape index (κ1) is 15.5. The van der Waals surface area contributed by atoms with E-state index >= 15 is 0 Å². The molecule has 0 bridgehead atoms. The van der Waals surface area contributed by atoms with Crippen molar-refractivity contribution in [2.24, 2.45) is 5.41 Å². The summed E-state index contributed by atoms with van der Waals surface area (Å²) in [6, 6.07) is 2.44. The summed E-state index contributed by atoms with van der Waals surface area (Å²) in [5.74, 6) is 0.447. The van der Waals surface area contributed by atoms with Gasteiger partial charge in [-0.15, -0.1) is 0 Å². The normalized spacial score (nSPS) is 20.7. The predicted octanol–water partition coefficient (Wildman–Crippen LogP) is 3.46. The summed E-state index contributed by atoms with van der Waals surface area (Å²) in [5.41, 5.74) is -0.374. The quantitative estimate of drug-likeness (QED) is 0.769. The van der Waals surface area contributed by atoms with Crippen LogP contribution >= 0.6 is 0 Å². The highest BCUT2D eigenvalue weighted by molar-refractivity contribution is 7.91. The van der Waals surface area contributed by atoms with Gasteiger partial charge in [0.2, 0.25) is 0 Å². The van der Waals surface area contributed by atoms with Crippen LogP contribution in [0.4, 0.5) is 0 Å². The van der Waals surface area contributed by atoms with Crippen molar-refractivity contribution in [1.82, 2.24) is 0 Å². The van der Waals surface area contributed by atoms with Gasteiger partial charge in [0, 0.05) is 5.75 Å². The van der Waals surface area contributed by atoms with Crippen molar-refractivity contribution in [3.05, 3.63) is 0 Å². The van der Waals surface area contributed by atoms with E-state index in [0.717, 1.165) is 25.7 Å². The average molecular weight is 271 g/mol. The van der Waals surface area contributed by atoms with Gasteiger partial charge in [0.05, 0.1) is 17.2 Å². The van der Waals surface area contributed by atoms with E-state index in [1.165, 1.54) is 19.3 Å². The molecule has 0 aromatic rings. The molecule has 0 radical (unpaired) electrons. The lowest BCUT2D eigenvalue weighted by Crippen LogP contribution is -2.25. The van der Waals surface area contributed by atoms with Crippen molar-refractivity contribution in [2.75, 3.05) is 11.5 Å². The summed E-state index contributed by atoms with van der Waals surface area (Å²) in [4.78, 5) is 0. The summed E-state index contributed by atoms with van der Waals surface area (Å²) in [6.45, 7) is 1.88. The van der Waals surface area contributed by atoms with Crippen molar-refractivity contribution >= 4 is 9.84 Å². The lowest BCUT2D eigenvalue weighted by atomic mass is 9.75. The number of sulfone groups is 1. The van der Waals surface area contributed by atoms with Gasteiger partial charge >= 0.3 is 0 Å². The Balaban J connectivity index is 2.61. The first-order chi connectivity index (χ1) is 8.54. The van der Waals surface area contributed by atoms with Gasteiger partial charge in [0.25, 0.3) is 0 Å². The Morgan fingerprint density at radius 3 is 2.11 bits per heavy atom. The fourth-order valence-corrected chi connectivity index (χ4v) is 4.29. The molecule has 0 aromatic heterocycles. The summed E-state index contributed by atoms with van der Waals surface area (Å²) < 4.78 is 23.6. The maximum absolute atomic E-state index is 11.8. The molecule has 0 aliphatic heterocycles. The molecular formula is C14H25NO2S. The summed E-state index contributed by atoms with van der Waals surface area (Å²) in [6.07, 6.45) is 8.73. The summed E-state index contributed by atoms with van der Waals surface area (Å²) in [5, 5.41) is 9.44. The van der Waals surface area contributed by atoms with Crippen molar-refractivity contribution in [3.8, 4) is 6.07 Å². The zero-order chi connectivity index (χ0) is 13.5. The van der Waals surface area contributed by atoms with Crippen LogP contribution in [0.3, 0.4) is 0 Å². The fourth-order valence-electron chi connectivity index (χ4n) is 2.76. The van der Waals surface area contributed by atoms with Crippen LogP contribution in [0.15, 0.2) is 0 Å². The molecule has 1 fully saturated rings. The minimum atomic E-state index is -2.95. The number of hydrogen-bond donors (Lipinski definition) is 0. The third-order valence-corrected chi connectivity index (χ3v) is 5.81. The van der Waals surface area contributed by atoms with Crippen molar-refractivity contribution < 1.29 is 8.42 Å². The highest BCUT2D eigenvalue weighted by Crippen LogP contribution is 2.37. The van der Waals surface area contributed by atoms with Crippen molar-refractivity contribution in [2.45, 2.75) is 64.7 Å². The van der Waals surface area contributed by atoms with E-state index in [4.69, 9.17) is 0 Å². The van der Waals surface area contributed by atoms with Crippen LogP contribution < -0.4 is 0 Å². The van der Waals surface area contributed by atoms with E-state index in [1.54, 1.807) is 0 Å². The fraction of sp³-hybridized carbons (Fsp3) is 0.929. The second-order valence-electron chi connectivity index (χ2n) is 5.56. The minimum absolute atomic E-state index is 0.189. The molecule has 3 nitrogen and oxygen atoms in total. The highest BCUT2D eigenvalue weighted by Gasteiger charge is 2.31. The van der Waals surface area contributed by atoms with E-state index in [1.807, 2.05) is 6.92 Å². The molecule has 0 atom stereocenters. The van der Waals surface area contributed by atoms with Crippen LogP contribution in [0.25, 0.3) is 0 Å². The monoisotopic (exact) mass is 271 g/mol. The molecule has 4 heteroatoms. The Hall–Kier alpha value is -0.560. The maximum atomic E-state index is 11.8. The Bertz CT molecular complexity index is 373. The van der Waals surface area contributed by atoms with Gasteiger partial charge in [0.1, 0.15) is 9.84 Å². The molecule has 0 heterocycles.